The summed E-state index contributed by atoms with van der Waals surface area (Å²) < 4.78 is 5.23. The highest BCUT2D eigenvalue weighted by atomic mass is 16.3. The van der Waals surface area contributed by atoms with Crippen molar-refractivity contribution in [3.8, 4) is 0 Å². The lowest BCUT2D eigenvalue weighted by molar-refractivity contribution is -0.116. The number of para-hydroxylation sites is 1. The SMILES string of the molecule is O=C(CCc1ccco1)Nc1ccccc1C(=O)NCCc1ccccc1. The van der Waals surface area contributed by atoms with Gasteiger partial charge in [-0.15, -0.1) is 0 Å². The van der Waals surface area contributed by atoms with Gasteiger partial charge in [0.15, 0.2) is 0 Å². The van der Waals surface area contributed by atoms with Crippen molar-refractivity contribution < 1.29 is 14.0 Å². The fourth-order valence-electron chi connectivity index (χ4n) is 2.75. The quantitative estimate of drug-likeness (QED) is 0.640. The first-order valence-electron chi connectivity index (χ1n) is 8.96. The van der Waals surface area contributed by atoms with Crippen LogP contribution in [0.5, 0.6) is 0 Å². The van der Waals surface area contributed by atoms with Gasteiger partial charge in [-0.05, 0) is 36.2 Å². The van der Waals surface area contributed by atoms with Gasteiger partial charge in [0.2, 0.25) is 5.91 Å². The number of carbonyl (C=O) groups excluding carboxylic acids is 2. The fraction of sp³-hybridized carbons (Fsp3) is 0.182. The Morgan fingerprint density at radius 2 is 1.63 bits per heavy atom. The average molecular weight is 362 g/mol. The molecule has 0 saturated carbocycles. The molecule has 0 atom stereocenters. The van der Waals surface area contributed by atoms with Gasteiger partial charge in [0, 0.05) is 19.4 Å². The minimum Gasteiger partial charge on any atom is -0.469 e. The van der Waals surface area contributed by atoms with E-state index < -0.39 is 0 Å². The predicted octanol–water partition coefficient (Wildman–Crippen LogP) is 3.82. The number of anilines is 1. The number of amides is 2. The molecule has 1 heterocycles. The van der Waals surface area contributed by atoms with Gasteiger partial charge >= 0.3 is 0 Å². The number of rotatable bonds is 8. The summed E-state index contributed by atoms with van der Waals surface area (Å²) in [6.07, 6.45) is 3.15. The van der Waals surface area contributed by atoms with Crippen LogP contribution in [0.1, 0.15) is 28.1 Å². The maximum absolute atomic E-state index is 12.5. The molecule has 0 saturated heterocycles. The summed E-state index contributed by atoms with van der Waals surface area (Å²) >= 11 is 0. The molecular weight excluding hydrogens is 340 g/mol. The van der Waals surface area contributed by atoms with E-state index in [0.29, 0.717) is 24.2 Å². The number of hydrogen-bond acceptors (Lipinski definition) is 3. The zero-order chi connectivity index (χ0) is 18.9. The molecule has 2 aromatic carbocycles. The van der Waals surface area contributed by atoms with Crippen LogP contribution in [0.3, 0.4) is 0 Å². The molecule has 0 bridgehead atoms. The molecule has 0 spiro atoms. The fourth-order valence-corrected chi connectivity index (χ4v) is 2.75. The Hall–Kier alpha value is -3.34. The number of nitrogens with one attached hydrogen (secondary N) is 2. The molecule has 3 aromatic rings. The average Bonchev–Trinajstić information content (AvgIpc) is 3.21. The molecule has 0 aliphatic carbocycles. The summed E-state index contributed by atoms with van der Waals surface area (Å²) in [5.74, 6) is 0.404. The largest absolute Gasteiger partial charge is 0.469 e. The molecule has 2 N–H and O–H groups in total. The van der Waals surface area contributed by atoms with Crippen LogP contribution in [0, 0.1) is 0 Å². The molecule has 5 nitrogen and oxygen atoms in total. The molecule has 0 aliphatic heterocycles. The third kappa shape index (κ3) is 5.57. The Balaban J connectivity index is 1.54. The highest BCUT2D eigenvalue weighted by molar-refractivity contribution is 6.03. The third-order valence-corrected chi connectivity index (χ3v) is 4.17. The molecule has 1 aromatic heterocycles. The monoisotopic (exact) mass is 362 g/mol. The molecule has 2 amide bonds. The van der Waals surface area contributed by atoms with Gasteiger partial charge in [-0.1, -0.05) is 42.5 Å². The minimum absolute atomic E-state index is 0.157. The topological polar surface area (TPSA) is 71.3 Å². The maximum Gasteiger partial charge on any atom is 0.253 e. The van der Waals surface area contributed by atoms with Crippen molar-refractivity contribution in [1.29, 1.82) is 0 Å². The van der Waals surface area contributed by atoms with Crippen molar-refractivity contribution in [2.45, 2.75) is 19.3 Å². The molecule has 138 valence electrons. The van der Waals surface area contributed by atoms with Crippen molar-refractivity contribution >= 4 is 17.5 Å². The van der Waals surface area contributed by atoms with Crippen LogP contribution >= 0.6 is 0 Å². The Morgan fingerprint density at radius 3 is 2.41 bits per heavy atom. The van der Waals surface area contributed by atoms with Gasteiger partial charge in [-0.2, -0.15) is 0 Å². The molecule has 3 rings (SSSR count). The zero-order valence-corrected chi connectivity index (χ0v) is 15.0. The highest BCUT2D eigenvalue weighted by Gasteiger charge is 2.13. The standard InChI is InChI=1S/C22H22N2O3/c25-21(13-12-18-9-6-16-27-18)24-20-11-5-4-10-19(20)22(26)23-15-14-17-7-2-1-3-8-17/h1-11,16H,12-15H2,(H,23,26)(H,24,25). The second-order valence-corrected chi connectivity index (χ2v) is 6.16. The van der Waals surface area contributed by atoms with Gasteiger partial charge in [0.1, 0.15) is 5.76 Å². The van der Waals surface area contributed by atoms with E-state index in [4.69, 9.17) is 4.42 Å². The van der Waals surface area contributed by atoms with Crippen LogP contribution in [0.2, 0.25) is 0 Å². The summed E-state index contributed by atoms with van der Waals surface area (Å²) in [4.78, 5) is 24.7. The Labute approximate surface area is 158 Å². The smallest absolute Gasteiger partial charge is 0.253 e. The first kappa shape index (κ1) is 18.5. The summed E-state index contributed by atoms with van der Waals surface area (Å²) in [6, 6.07) is 20.6. The molecule has 5 heteroatoms. The maximum atomic E-state index is 12.5. The summed E-state index contributed by atoms with van der Waals surface area (Å²) in [7, 11) is 0. The summed E-state index contributed by atoms with van der Waals surface area (Å²) in [5, 5.41) is 5.73. The van der Waals surface area contributed by atoms with Crippen LogP contribution in [-0.4, -0.2) is 18.4 Å². The van der Waals surface area contributed by atoms with E-state index in [-0.39, 0.29) is 18.2 Å². The van der Waals surface area contributed by atoms with Gasteiger partial charge in [0.05, 0.1) is 17.5 Å². The van der Waals surface area contributed by atoms with Gasteiger partial charge in [-0.25, -0.2) is 0 Å². The summed E-state index contributed by atoms with van der Waals surface area (Å²) in [5.41, 5.74) is 2.13. The van der Waals surface area contributed by atoms with Crippen molar-refractivity contribution in [3.63, 3.8) is 0 Å². The number of benzene rings is 2. The van der Waals surface area contributed by atoms with Gasteiger partial charge < -0.3 is 15.1 Å². The van der Waals surface area contributed by atoms with Crippen molar-refractivity contribution in [3.05, 3.63) is 89.9 Å². The van der Waals surface area contributed by atoms with E-state index in [2.05, 4.69) is 10.6 Å². The molecule has 0 radical (unpaired) electrons. The minimum atomic E-state index is -0.201. The zero-order valence-electron chi connectivity index (χ0n) is 15.0. The predicted molar refractivity (Wildman–Crippen MR) is 105 cm³/mol. The van der Waals surface area contributed by atoms with Crippen LogP contribution < -0.4 is 10.6 Å². The lowest BCUT2D eigenvalue weighted by atomic mass is 10.1. The molecule has 0 aliphatic rings. The number of hydrogen-bond donors (Lipinski definition) is 2. The molecular formula is C22H22N2O3. The lowest BCUT2D eigenvalue weighted by Crippen LogP contribution is -2.27. The lowest BCUT2D eigenvalue weighted by Gasteiger charge is -2.11. The number of furan rings is 1. The second kappa shape index (κ2) is 9.38. The van der Waals surface area contributed by atoms with Crippen molar-refractivity contribution in [1.82, 2.24) is 5.32 Å². The molecule has 0 unspecified atom stereocenters. The van der Waals surface area contributed by atoms with E-state index in [1.54, 1.807) is 36.6 Å². The van der Waals surface area contributed by atoms with Crippen LogP contribution in [0.25, 0.3) is 0 Å². The third-order valence-electron chi connectivity index (χ3n) is 4.17. The first-order valence-corrected chi connectivity index (χ1v) is 8.96. The van der Waals surface area contributed by atoms with Crippen molar-refractivity contribution in [2.75, 3.05) is 11.9 Å². The van der Waals surface area contributed by atoms with Crippen LogP contribution in [0.15, 0.2) is 77.4 Å². The Kier molecular flexibility index (Phi) is 6.41. The van der Waals surface area contributed by atoms with E-state index in [1.165, 1.54) is 0 Å². The van der Waals surface area contributed by atoms with Crippen LogP contribution in [0.4, 0.5) is 5.69 Å². The molecule has 27 heavy (non-hydrogen) atoms. The number of aryl methyl sites for hydroxylation is 1. The number of carbonyl (C=O) groups is 2. The summed E-state index contributed by atoms with van der Waals surface area (Å²) in [6.45, 7) is 0.531. The Morgan fingerprint density at radius 1 is 0.852 bits per heavy atom. The van der Waals surface area contributed by atoms with Crippen molar-refractivity contribution in [2.24, 2.45) is 0 Å². The van der Waals surface area contributed by atoms with Gasteiger partial charge in [-0.3, -0.25) is 9.59 Å². The normalized spacial score (nSPS) is 10.4. The second-order valence-electron chi connectivity index (χ2n) is 6.16. The van der Waals surface area contributed by atoms with E-state index in [1.807, 2.05) is 36.4 Å². The Bertz CT molecular complexity index is 874. The first-order chi connectivity index (χ1) is 13.2. The molecule has 0 fully saturated rings. The van der Waals surface area contributed by atoms with Crippen LogP contribution in [-0.2, 0) is 17.6 Å². The van der Waals surface area contributed by atoms with E-state index >= 15 is 0 Å². The highest BCUT2D eigenvalue weighted by Crippen LogP contribution is 2.16. The van der Waals surface area contributed by atoms with E-state index in [9.17, 15) is 9.59 Å². The van der Waals surface area contributed by atoms with E-state index in [0.717, 1.165) is 17.7 Å². The van der Waals surface area contributed by atoms with Gasteiger partial charge in [0.25, 0.3) is 5.91 Å².